The minimum absolute atomic E-state index is 0.203. The number of alkyl halides is 3. The predicted molar refractivity (Wildman–Crippen MR) is 86.0 cm³/mol. The van der Waals surface area contributed by atoms with Crippen LogP contribution < -0.4 is 15.3 Å². The summed E-state index contributed by atoms with van der Waals surface area (Å²) in [4.78, 5) is 0. The van der Waals surface area contributed by atoms with Crippen LogP contribution in [0.25, 0.3) is 0 Å². The van der Waals surface area contributed by atoms with Crippen molar-refractivity contribution in [2.45, 2.75) is 5.51 Å². The zero-order valence-electron chi connectivity index (χ0n) is 12.0. The van der Waals surface area contributed by atoms with E-state index in [1.165, 1.54) is 10.6 Å². The highest BCUT2D eigenvalue weighted by atomic mass is 32.2. The first-order chi connectivity index (χ1) is 10.6. The topological polar surface area (TPSA) is 63.6 Å². The molecular weight excluding hydrogens is 352 g/mol. The van der Waals surface area contributed by atoms with E-state index in [1.54, 1.807) is 7.11 Å². The molecule has 0 bridgehead atoms. The van der Waals surface area contributed by atoms with Crippen molar-refractivity contribution in [2.75, 3.05) is 7.11 Å². The van der Waals surface area contributed by atoms with Crippen LogP contribution in [-0.2, 0) is 10.1 Å². The van der Waals surface area contributed by atoms with Crippen LogP contribution in [0.5, 0.6) is 5.75 Å². The zero-order chi connectivity index (χ0) is 17.5. The van der Waals surface area contributed by atoms with Crippen molar-refractivity contribution in [2.24, 2.45) is 0 Å². The summed E-state index contributed by atoms with van der Waals surface area (Å²) in [6, 6.07) is 18.9. The SMILES string of the molecule is COc1ccc([PH2+]c2ccccc2)cc1.O=S(=O)(O)C(F)(F)F. The van der Waals surface area contributed by atoms with Gasteiger partial charge in [-0.05, 0) is 36.4 Å². The Kier molecular flexibility index (Phi) is 7.00. The van der Waals surface area contributed by atoms with E-state index in [0.29, 0.717) is 0 Å². The maximum atomic E-state index is 10.7. The number of halogens is 3. The lowest BCUT2D eigenvalue weighted by Crippen LogP contribution is -2.21. The lowest BCUT2D eigenvalue weighted by Gasteiger charge is -1.98. The van der Waals surface area contributed by atoms with Crippen LogP contribution in [0.1, 0.15) is 0 Å². The van der Waals surface area contributed by atoms with Gasteiger partial charge >= 0.3 is 15.6 Å². The molecule has 126 valence electrons. The van der Waals surface area contributed by atoms with Gasteiger partial charge in [0.2, 0.25) is 0 Å². The van der Waals surface area contributed by atoms with Crippen molar-refractivity contribution in [1.82, 2.24) is 0 Å². The Morgan fingerprint density at radius 2 is 1.39 bits per heavy atom. The number of benzene rings is 2. The van der Waals surface area contributed by atoms with Crippen LogP contribution in [-0.4, -0.2) is 25.6 Å². The molecule has 0 heterocycles. The molecule has 2 aromatic rings. The summed E-state index contributed by atoms with van der Waals surface area (Å²) in [6.45, 7) is 0. The van der Waals surface area contributed by atoms with Crippen LogP contribution in [0.2, 0.25) is 0 Å². The smallest absolute Gasteiger partial charge is 0.497 e. The van der Waals surface area contributed by atoms with Crippen molar-refractivity contribution in [1.29, 1.82) is 0 Å². The van der Waals surface area contributed by atoms with Gasteiger partial charge in [-0.15, -0.1) is 0 Å². The molecule has 23 heavy (non-hydrogen) atoms. The van der Waals surface area contributed by atoms with Gasteiger partial charge in [-0.2, -0.15) is 21.6 Å². The quantitative estimate of drug-likeness (QED) is 0.514. The lowest BCUT2D eigenvalue weighted by atomic mass is 10.3. The highest BCUT2D eigenvalue weighted by Crippen LogP contribution is 2.20. The van der Waals surface area contributed by atoms with E-state index in [4.69, 9.17) is 17.7 Å². The first-order valence-corrected chi connectivity index (χ1v) is 8.80. The third-order valence-corrected chi connectivity index (χ3v) is 4.56. The molecule has 2 rings (SSSR count). The molecule has 0 aliphatic rings. The average molecular weight is 367 g/mol. The van der Waals surface area contributed by atoms with Crippen molar-refractivity contribution >= 4 is 29.3 Å². The van der Waals surface area contributed by atoms with Crippen molar-refractivity contribution in [3.8, 4) is 5.75 Å². The van der Waals surface area contributed by atoms with E-state index in [1.807, 2.05) is 12.1 Å². The summed E-state index contributed by atoms with van der Waals surface area (Å²) in [5.74, 6) is 0.922. The van der Waals surface area contributed by atoms with Crippen molar-refractivity contribution < 1.29 is 30.9 Å². The second-order valence-electron chi connectivity index (χ2n) is 4.25. The number of hydrogen-bond acceptors (Lipinski definition) is 3. The summed E-state index contributed by atoms with van der Waals surface area (Å²) < 4.78 is 62.7. The standard InChI is InChI=1S/C13H13OP.CHF3O3S/c1-14-11-7-9-13(10-8-11)15-12-5-3-2-4-6-12;2-1(3,4)8(5,6)7/h2-10,15H,1H3;(H,5,6,7)/p+1. The zero-order valence-corrected chi connectivity index (χ0v) is 14.0. The molecule has 2 aromatic carbocycles. The molecule has 1 unspecified atom stereocenters. The Balaban J connectivity index is 0.000000284. The van der Waals surface area contributed by atoms with Crippen molar-refractivity contribution in [3.63, 3.8) is 0 Å². The third-order valence-electron chi connectivity index (χ3n) is 2.54. The van der Waals surface area contributed by atoms with Gasteiger partial charge in [0.1, 0.15) is 5.75 Å². The molecule has 0 saturated carbocycles. The maximum Gasteiger partial charge on any atom is 0.522 e. The maximum absolute atomic E-state index is 10.7. The largest absolute Gasteiger partial charge is 0.522 e. The molecule has 1 atom stereocenters. The second-order valence-corrected chi connectivity index (χ2v) is 7.28. The minimum Gasteiger partial charge on any atom is -0.497 e. The highest BCUT2D eigenvalue weighted by molar-refractivity contribution is 7.86. The van der Waals surface area contributed by atoms with Gasteiger partial charge in [0.05, 0.1) is 26.3 Å². The summed E-state index contributed by atoms with van der Waals surface area (Å²) in [7, 11) is -3.94. The highest BCUT2D eigenvalue weighted by Gasteiger charge is 2.44. The summed E-state index contributed by atoms with van der Waals surface area (Å²) >= 11 is 0. The van der Waals surface area contributed by atoms with Gasteiger partial charge in [-0.1, -0.05) is 18.2 Å². The van der Waals surface area contributed by atoms with E-state index in [9.17, 15) is 13.2 Å². The Bertz CT molecular complexity index is 701. The Hall–Kier alpha value is -1.63. The van der Waals surface area contributed by atoms with E-state index < -0.39 is 15.6 Å². The Morgan fingerprint density at radius 3 is 1.78 bits per heavy atom. The Labute approximate surface area is 133 Å². The normalized spacial score (nSPS) is 11.9. The number of rotatable bonds is 3. The molecule has 0 aliphatic carbocycles. The molecule has 0 spiro atoms. The molecule has 9 heteroatoms. The van der Waals surface area contributed by atoms with Gasteiger partial charge < -0.3 is 4.74 Å². The van der Waals surface area contributed by atoms with Gasteiger partial charge in [-0.25, -0.2) is 0 Å². The van der Waals surface area contributed by atoms with Crippen LogP contribution in [0, 0.1) is 0 Å². The molecular formula is C14H15F3O4PS+. The first-order valence-electron chi connectivity index (χ1n) is 6.21. The van der Waals surface area contributed by atoms with E-state index in [2.05, 4.69) is 42.5 Å². The fourth-order valence-electron chi connectivity index (χ4n) is 1.44. The molecule has 0 saturated heterocycles. The molecule has 0 radical (unpaired) electrons. The average Bonchev–Trinajstić information content (AvgIpc) is 2.48. The molecule has 1 N–H and O–H groups in total. The van der Waals surface area contributed by atoms with Crippen molar-refractivity contribution in [3.05, 3.63) is 54.6 Å². The fourth-order valence-corrected chi connectivity index (χ4v) is 2.63. The summed E-state index contributed by atoms with van der Waals surface area (Å²) in [6.07, 6.45) is 0. The monoisotopic (exact) mass is 367 g/mol. The minimum atomic E-state index is -5.84. The van der Waals surface area contributed by atoms with Gasteiger partial charge in [-0.3, -0.25) is 4.55 Å². The van der Waals surface area contributed by atoms with E-state index >= 15 is 0 Å². The fraction of sp³-hybridized carbons (Fsp3) is 0.143. The number of hydrogen-bond donors (Lipinski definition) is 1. The van der Waals surface area contributed by atoms with Crippen LogP contribution >= 0.6 is 8.58 Å². The summed E-state index contributed by atoms with van der Waals surface area (Å²) in [5.41, 5.74) is -5.53. The van der Waals surface area contributed by atoms with E-state index in [0.717, 1.165) is 5.75 Å². The molecule has 0 fully saturated rings. The molecule has 0 aliphatic heterocycles. The van der Waals surface area contributed by atoms with Crippen LogP contribution in [0.3, 0.4) is 0 Å². The molecule has 4 nitrogen and oxygen atoms in total. The summed E-state index contributed by atoms with van der Waals surface area (Å²) in [5, 5.41) is 2.81. The third kappa shape index (κ3) is 6.99. The van der Waals surface area contributed by atoms with Gasteiger partial charge in [0.15, 0.2) is 0 Å². The second kappa shape index (κ2) is 8.29. The van der Waals surface area contributed by atoms with E-state index in [-0.39, 0.29) is 8.58 Å². The molecule has 0 aromatic heterocycles. The van der Waals surface area contributed by atoms with Crippen LogP contribution in [0.4, 0.5) is 13.2 Å². The van der Waals surface area contributed by atoms with Crippen LogP contribution in [0.15, 0.2) is 54.6 Å². The lowest BCUT2D eigenvalue weighted by molar-refractivity contribution is -0.0510. The number of methoxy groups -OCH3 is 1. The Morgan fingerprint density at radius 1 is 0.957 bits per heavy atom. The molecule has 0 amide bonds. The first kappa shape index (κ1) is 19.4. The van der Waals surface area contributed by atoms with Gasteiger partial charge in [0.25, 0.3) is 0 Å². The predicted octanol–water partition coefficient (Wildman–Crippen LogP) is 2.45. The number of ether oxygens (including phenoxy) is 1. The van der Waals surface area contributed by atoms with Gasteiger partial charge in [0, 0.05) is 0 Å².